The number of hydrogen-bond donors (Lipinski definition) is 1. The van der Waals surface area contributed by atoms with E-state index in [1.54, 1.807) is 18.4 Å². The van der Waals surface area contributed by atoms with E-state index < -0.39 is 10.0 Å². The predicted octanol–water partition coefficient (Wildman–Crippen LogP) is 3.17. The zero-order valence-corrected chi connectivity index (χ0v) is 14.6. The second-order valence-electron chi connectivity index (χ2n) is 5.27. The molecule has 0 spiro atoms. The van der Waals surface area contributed by atoms with Crippen LogP contribution in [0, 0.1) is 13.8 Å². The van der Waals surface area contributed by atoms with Crippen LogP contribution in [0.3, 0.4) is 0 Å². The number of sulfonamides is 1. The van der Waals surface area contributed by atoms with Crippen molar-refractivity contribution >= 4 is 21.4 Å². The minimum Gasteiger partial charge on any atom is -0.375 e. The van der Waals surface area contributed by atoms with Gasteiger partial charge >= 0.3 is 0 Å². The minimum absolute atomic E-state index is 0.0193. The molecular weight excluding hydrogens is 318 g/mol. The molecule has 4 nitrogen and oxygen atoms in total. The number of hydrogen-bond acceptors (Lipinski definition) is 4. The van der Waals surface area contributed by atoms with E-state index >= 15 is 0 Å². The lowest BCUT2D eigenvalue weighted by Crippen LogP contribution is -2.30. The van der Waals surface area contributed by atoms with Crippen LogP contribution in [0.4, 0.5) is 0 Å². The SMILES string of the molecule is CO[C@H](CNS(=O)(=O)Cc1cccc(C)c1)c1ccc(C)s1. The average Bonchev–Trinajstić information content (AvgIpc) is 2.85. The van der Waals surface area contributed by atoms with E-state index in [-0.39, 0.29) is 18.4 Å². The standard InChI is InChI=1S/C16H21NO3S2/c1-12-5-4-6-14(9-12)11-22(18,19)17-10-15(20-3)16-8-7-13(2)21-16/h4-9,15,17H,10-11H2,1-3H3/t15-/m1/s1. The van der Waals surface area contributed by atoms with E-state index in [0.717, 1.165) is 16.0 Å². The van der Waals surface area contributed by atoms with Crippen LogP contribution >= 0.6 is 11.3 Å². The predicted molar refractivity (Wildman–Crippen MR) is 90.6 cm³/mol. The van der Waals surface area contributed by atoms with E-state index in [4.69, 9.17) is 4.74 Å². The first kappa shape index (κ1) is 17.1. The fraction of sp³-hybridized carbons (Fsp3) is 0.375. The third-order valence-electron chi connectivity index (χ3n) is 3.29. The molecule has 0 saturated carbocycles. The van der Waals surface area contributed by atoms with Gasteiger partial charge in [0.15, 0.2) is 0 Å². The Morgan fingerprint density at radius 3 is 2.59 bits per heavy atom. The molecule has 2 rings (SSSR count). The van der Waals surface area contributed by atoms with Crippen LogP contribution in [0.5, 0.6) is 0 Å². The van der Waals surface area contributed by atoms with Crippen LogP contribution in [0.15, 0.2) is 36.4 Å². The first-order chi connectivity index (χ1) is 10.4. The highest BCUT2D eigenvalue weighted by atomic mass is 32.2. The fourth-order valence-electron chi connectivity index (χ4n) is 2.20. The Morgan fingerprint density at radius 2 is 2.00 bits per heavy atom. The molecule has 0 amide bonds. The summed E-state index contributed by atoms with van der Waals surface area (Å²) in [5.41, 5.74) is 1.84. The summed E-state index contributed by atoms with van der Waals surface area (Å²) in [5.74, 6) is -0.0193. The quantitative estimate of drug-likeness (QED) is 0.843. The Labute approximate surface area is 136 Å². The molecule has 0 saturated heterocycles. The Balaban J connectivity index is 1.99. The molecule has 2 aromatic rings. The van der Waals surface area contributed by atoms with E-state index in [1.807, 2.05) is 50.2 Å². The highest BCUT2D eigenvalue weighted by molar-refractivity contribution is 7.88. The molecule has 1 aromatic heterocycles. The van der Waals surface area contributed by atoms with E-state index in [2.05, 4.69) is 4.72 Å². The van der Waals surface area contributed by atoms with Gasteiger partial charge in [0.1, 0.15) is 6.10 Å². The van der Waals surface area contributed by atoms with Crippen LogP contribution in [0.2, 0.25) is 0 Å². The van der Waals surface area contributed by atoms with Gasteiger partial charge in [-0.25, -0.2) is 13.1 Å². The van der Waals surface area contributed by atoms with Gasteiger partial charge in [-0.3, -0.25) is 0 Å². The summed E-state index contributed by atoms with van der Waals surface area (Å²) in [4.78, 5) is 2.21. The first-order valence-corrected chi connectivity index (χ1v) is 9.48. The molecule has 120 valence electrons. The smallest absolute Gasteiger partial charge is 0.215 e. The van der Waals surface area contributed by atoms with Crippen LogP contribution < -0.4 is 4.72 Å². The lowest BCUT2D eigenvalue weighted by atomic mass is 10.2. The summed E-state index contributed by atoms with van der Waals surface area (Å²) in [5, 5.41) is 0. The molecule has 0 radical (unpaired) electrons. The molecule has 0 bridgehead atoms. The maximum Gasteiger partial charge on any atom is 0.215 e. The summed E-state index contributed by atoms with van der Waals surface area (Å²) in [7, 11) is -1.79. The monoisotopic (exact) mass is 339 g/mol. The van der Waals surface area contributed by atoms with Gasteiger partial charge in [-0.1, -0.05) is 29.8 Å². The molecular formula is C16H21NO3S2. The molecule has 0 unspecified atom stereocenters. The largest absolute Gasteiger partial charge is 0.375 e. The van der Waals surface area contributed by atoms with Crippen LogP contribution in [-0.4, -0.2) is 22.1 Å². The molecule has 1 atom stereocenters. The van der Waals surface area contributed by atoms with Gasteiger partial charge in [-0.15, -0.1) is 11.3 Å². The zero-order chi connectivity index (χ0) is 16.2. The van der Waals surface area contributed by atoms with Gasteiger partial charge in [-0.2, -0.15) is 0 Å². The fourth-order valence-corrected chi connectivity index (χ4v) is 4.28. The Morgan fingerprint density at radius 1 is 1.23 bits per heavy atom. The van der Waals surface area contributed by atoms with Crippen molar-refractivity contribution in [1.29, 1.82) is 0 Å². The Kier molecular flexibility index (Phi) is 5.74. The molecule has 1 N–H and O–H groups in total. The van der Waals surface area contributed by atoms with Gasteiger partial charge in [0.2, 0.25) is 10.0 Å². The summed E-state index contributed by atoms with van der Waals surface area (Å²) >= 11 is 1.62. The lowest BCUT2D eigenvalue weighted by Gasteiger charge is -2.15. The summed E-state index contributed by atoms with van der Waals surface area (Å²) in [6.07, 6.45) is -0.258. The second kappa shape index (κ2) is 7.37. The maximum absolute atomic E-state index is 12.2. The summed E-state index contributed by atoms with van der Waals surface area (Å²) < 4.78 is 32.4. The van der Waals surface area contributed by atoms with Gasteiger partial charge in [0.25, 0.3) is 0 Å². The van der Waals surface area contributed by atoms with Crippen molar-refractivity contribution in [2.45, 2.75) is 25.7 Å². The average molecular weight is 339 g/mol. The minimum atomic E-state index is -3.38. The molecule has 0 aliphatic heterocycles. The molecule has 22 heavy (non-hydrogen) atoms. The molecule has 0 aliphatic carbocycles. The Hall–Kier alpha value is -1.21. The van der Waals surface area contributed by atoms with Crippen LogP contribution in [-0.2, 0) is 20.5 Å². The van der Waals surface area contributed by atoms with Gasteiger partial charge in [0.05, 0.1) is 5.75 Å². The van der Waals surface area contributed by atoms with E-state index in [9.17, 15) is 8.42 Å². The normalized spacial score (nSPS) is 13.2. The number of methoxy groups -OCH3 is 1. The van der Waals surface area contributed by atoms with Crippen molar-refractivity contribution in [2.75, 3.05) is 13.7 Å². The number of nitrogens with one attached hydrogen (secondary N) is 1. The third kappa shape index (κ3) is 4.91. The van der Waals surface area contributed by atoms with Gasteiger partial charge in [-0.05, 0) is 31.5 Å². The van der Waals surface area contributed by atoms with Crippen molar-refractivity contribution < 1.29 is 13.2 Å². The van der Waals surface area contributed by atoms with Crippen molar-refractivity contribution in [1.82, 2.24) is 4.72 Å². The molecule has 0 fully saturated rings. The highest BCUT2D eigenvalue weighted by Crippen LogP contribution is 2.24. The van der Waals surface area contributed by atoms with Crippen molar-refractivity contribution in [3.8, 4) is 0 Å². The second-order valence-corrected chi connectivity index (χ2v) is 8.40. The van der Waals surface area contributed by atoms with E-state index in [0.29, 0.717) is 0 Å². The number of rotatable bonds is 7. The summed E-state index contributed by atoms with van der Waals surface area (Å²) in [6, 6.07) is 11.5. The number of aryl methyl sites for hydroxylation is 2. The lowest BCUT2D eigenvalue weighted by molar-refractivity contribution is 0.110. The van der Waals surface area contributed by atoms with Gasteiger partial charge in [0, 0.05) is 23.4 Å². The number of benzene rings is 1. The van der Waals surface area contributed by atoms with Crippen LogP contribution in [0.25, 0.3) is 0 Å². The van der Waals surface area contributed by atoms with Crippen LogP contribution in [0.1, 0.15) is 27.0 Å². The zero-order valence-electron chi connectivity index (χ0n) is 13.0. The first-order valence-electron chi connectivity index (χ1n) is 7.01. The molecule has 1 heterocycles. The van der Waals surface area contributed by atoms with Gasteiger partial charge < -0.3 is 4.74 Å². The Bertz CT molecular complexity index is 722. The maximum atomic E-state index is 12.2. The molecule has 6 heteroatoms. The van der Waals surface area contributed by atoms with Crippen molar-refractivity contribution in [2.24, 2.45) is 0 Å². The highest BCUT2D eigenvalue weighted by Gasteiger charge is 2.17. The summed E-state index contributed by atoms with van der Waals surface area (Å²) in [6.45, 7) is 4.21. The van der Waals surface area contributed by atoms with Crippen molar-refractivity contribution in [3.05, 3.63) is 57.3 Å². The molecule has 0 aliphatic rings. The topological polar surface area (TPSA) is 55.4 Å². The third-order valence-corrected chi connectivity index (χ3v) is 5.70. The van der Waals surface area contributed by atoms with Crippen molar-refractivity contribution in [3.63, 3.8) is 0 Å². The van der Waals surface area contributed by atoms with E-state index in [1.165, 1.54) is 4.88 Å². The number of thiophene rings is 1. The molecule has 1 aromatic carbocycles. The number of ether oxygens (including phenoxy) is 1.